The summed E-state index contributed by atoms with van der Waals surface area (Å²) in [6.45, 7) is 2.46. The highest BCUT2D eigenvalue weighted by molar-refractivity contribution is 5.97. The molecule has 3 aliphatic rings. The van der Waals surface area contributed by atoms with Crippen LogP contribution in [-0.4, -0.2) is 0 Å². The highest BCUT2D eigenvalue weighted by Crippen LogP contribution is 2.63. The van der Waals surface area contributed by atoms with Crippen molar-refractivity contribution in [3.05, 3.63) is 209 Å². The fourth-order valence-corrected chi connectivity index (χ4v) is 9.11. The zero-order valence-electron chi connectivity index (χ0n) is 25.6. The highest BCUT2D eigenvalue weighted by Gasteiger charge is 2.51. The molecule has 0 spiro atoms. The first-order chi connectivity index (χ1) is 22.7. The van der Waals surface area contributed by atoms with Gasteiger partial charge in [-0.15, -0.1) is 0 Å². The Labute approximate surface area is 270 Å². The van der Waals surface area contributed by atoms with Crippen LogP contribution < -0.4 is 4.90 Å². The van der Waals surface area contributed by atoms with Gasteiger partial charge in [-0.3, -0.25) is 0 Å². The molecule has 216 valence electrons. The second kappa shape index (κ2) is 9.19. The van der Waals surface area contributed by atoms with E-state index in [0.29, 0.717) is 0 Å². The van der Waals surface area contributed by atoms with E-state index in [4.69, 9.17) is 0 Å². The predicted molar refractivity (Wildman–Crippen MR) is 189 cm³/mol. The van der Waals surface area contributed by atoms with Crippen molar-refractivity contribution in [3.8, 4) is 22.3 Å². The van der Waals surface area contributed by atoms with Gasteiger partial charge in [-0.1, -0.05) is 146 Å². The third-order valence-electron chi connectivity index (χ3n) is 10.9. The Morgan fingerprint density at radius 2 is 0.935 bits per heavy atom. The summed E-state index contributed by atoms with van der Waals surface area (Å²) in [5.74, 6) is 0. The SMILES string of the molecule is CC12c3ccccc3-c3cccc(c31)N(c1ccccc1)c1ccc(C3(c4ccccc4)c4ccccc4-c4ccccc43)cc12. The maximum absolute atomic E-state index is 2.55. The lowest BCUT2D eigenvalue weighted by Gasteiger charge is -2.43. The van der Waals surface area contributed by atoms with E-state index >= 15 is 0 Å². The number of para-hydroxylation sites is 1. The van der Waals surface area contributed by atoms with Gasteiger partial charge in [0.1, 0.15) is 0 Å². The van der Waals surface area contributed by atoms with Crippen molar-refractivity contribution >= 4 is 17.1 Å². The number of hydrogen-bond donors (Lipinski definition) is 0. The molecule has 0 aromatic heterocycles. The molecule has 1 atom stereocenters. The molecule has 1 heterocycles. The minimum atomic E-state index is -0.449. The lowest BCUT2D eigenvalue weighted by molar-refractivity contribution is 0.692. The molecule has 1 unspecified atom stereocenters. The molecule has 0 amide bonds. The third kappa shape index (κ3) is 3.05. The van der Waals surface area contributed by atoms with Crippen molar-refractivity contribution in [3.63, 3.8) is 0 Å². The minimum Gasteiger partial charge on any atom is -0.310 e. The molecule has 0 fully saturated rings. The summed E-state index contributed by atoms with van der Waals surface area (Å²) in [5, 5.41) is 0. The Balaban J connectivity index is 1.34. The van der Waals surface area contributed by atoms with Crippen LogP contribution in [0.1, 0.15) is 45.9 Å². The number of anilines is 3. The second-order valence-corrected chi connectivity index (χ2v) is 13.0. The van der Waals surface area contributed by atoms with E-state index in [9.17, 15) is 0 Å². The van der Waals surface area contributed by atoms with Gasteiger partial charge < -0.3 is 4.90 Å². The van der Waals surface area contributed by atoms with Crippen molar-refractivity contribution in [2.45, 2.75) is 17.8 Å². The normalized spacial score (nSPS) is 17.5. The topological polar surface area (TPSA) is 3.24 Å². The Morgan fingerprint density at radius 3 is 1.61 bits per heavy atom. The van der Waals surface area contributed by atoms with E-state index in [1.807, 2.05) is 0 Å². The summed E-state index contributed by atoms with van der Waals surface area (Å²) in [7, 11) is 0. The van der Waals surface area contributed by atoms with Crippen molar-refractivity contribution in [2.24, 2.45) is 0 Å². The molecule has 10 rings (SSSR count). The number of nitrogens with zero attached hydrogens (tertiary/aromatic N) is 1. The van der Waals surface area contributed by atoms with Gasteiger partial charge >= 0.3 is 0 Å². The van der Waals surface area contributed by atoms with Crippen LogP contribution >= 0.6 is 0 Å². The summed E-state index contributed by atoms with van der Waals surface area (Å²) >= 11 is 0. The Kier molecular flexibility index (Phi) is 5.12. The highest BCUT2D eigenvalue weighted by atomic mass is 15.2. The minimum absolute atomic E-state index is 0.311. The zero-order valence-corrected chi connectivity index (χ0v) is 25.6. The van der Waals surface area contributed by atoms with Crippen LogP contribution in [0.2, 0.25) is 0 Å². The van der Waals surface area contributed by atoms with Crippen LogP contribution in [0.3, 0.4) is 0 Å². The van der Waals surface area contributed by atoms with Crippen molar-refractivity contribution < 1.29 is 0 Å². The smallest absolute Gasteiger partial charge is 0.0713 e. The van der Waals surface area contributed by atoms with E-state index in [1.54, 1.807) is 0 Å². The van der Waals surface area contributed by atoms with Gasteiger partial charge in [0.2, 0.25) is 0 Å². The summed E-state index contributed by atoms with van der Waals surface area (Å²) in [6, 6.07) is 63.3. The fourth-order valence-electron chi connectivity index (χ4n) is 9.11. The van der Waals surface area contributed by atoms with Crippen molar-refractivity contribution in [2.75, 3.05) is 4.90 Å². The molecule has 7 aromatic carbocycles. The van der Waals surface area contributed by atoms with E-state index in [0.717, 1.165) is 0 Å². The zero-order chi connectivity index (χ0) is 30.5. The predicted octanol–water partition coefficient (Wildman–Crippen LogP) is 11.2. The number of benzene rings is 7. The third-order valence-corrected chi connectivity index (χ3v) is 10.9. The summed E-state index contributed by atoms with van der Waals surface area (Å²) in [5.41, 5.74) is 17.6. The number of fused-ring (bicyclic) bond motifs is 8. The molecule has 7 aromatic rings. The van der Waals surface area contributed by atoms with Crippen LogP contribution in [0, 0.1) is 0 Å². The van der Waals surface area contributed by atoms with E-state index in [-0.39, 0.29) is 5.41 Å². The van der Waals surface area contributed by atoms with E-state index in [1.165, 1.54) is 78.3 Å². The fraction of sp³-hybridized carbons (Fsp3) is 0.0667. The molecule has 0 bridgehead atoms. The Hall–Kier alpha value is -5.66. The standard InChI is InChI=1S/C45H31N/c1-44-37-23-11-8-21-35(37)36-22-14-26-42(43(36)44)46(32-17-6-3-7-18-32)41-28-27-31(29-40(41)44)45(30-15-4-2-5-16-30)38-24-12-9-19-33(38)34-20-10-13-25-39(34)45/h2-29H,1H3. The molecule has 2 aliphatic carbocycles. The van der Waals surface area contributed by atoms with E-state index < -0.39 is 5.41 Å². The number of rotatable bonds is 3. The first-order valence-electron chi connectivity index (χ1n) is 16.2. The monoisotopic (exact) mass is 585 g/mol. The van der Waals surface area contributed by atoms with Gasteiger partial charge in [0.25, 0.3) is 0 Å². The average Bonchev–Trinajstić information content (AvgIpc) is 3.58. The van der Waals surface area contributed by atoms with Gasteiger partial charge in [0, 0.05) is 11.1 Å². The lowest BCUT2D eigenvalue weighted by atomic mass is 9.64. The largest absolute Gasteiger partial charge is 0.310 e. The van der Waals surface area contributed by atoms with Crippen LogP contribution in [0.5, 0.6) is 0 Å². The lowest BCUT2D eigenvalue weighted by Crippen LogP contribution is -2.34. The van der Waals surface area contributed by atoms with Crippen LogP contribution in [0.15, 0.2) is 170 Å². The van der Waals surface area contributed by atoms with Gasteiger partial charge in [-0.25, -0.2) is 0 Å². The van der Waals surface area contributed by atoms with Crippen LogP contribution in [0.25, 0.3) is 22.3 Å². The first-order valence-corrected chi connectivity index (χ1v) is 16.2. The molecule has 1 nitrogen and oxygen atoms in total. The molecule has 0 saturated heterocycles. The maximum atomic E-state index is 2.55. The number of hydrogen-bond acceptors (Lipinski definition) is 1. The quantitative estimate of drug-likeness (QED) is 0.199. The average molecular weight is 586 g/mol. The van der Waals surface area contributed by atoms with Crippen LogP contribution in [-0.2, 0) is 10.8 Å². The summed E-state index contributed by atoms with van der Waals surface area (Å²) in [4.78, 5) is 2.48. The second-order valence-electron chi connectivity index (χ2n) is 13.0. The van der Waals surface area contributed by atoms with Crippen LogP contribution in [0.4, 0.5) is 17.1 Å². The Morgan fingerprint density at radius 1 is 0.391 bits per heavy atom. The molecule has 1 heteroatoms. The maximum Gasteiger partial charge on any atom is 0.0713 e. The van der Waals surface area contributed by atoms with E-state index in [2.05, 4.69) is 182 Å². The van der Waals surface area contributed by atoms with Gasteiger partial charge in [0.05, 0.1) is 16.8 Å². The first kappa shape index (κ1) is 25.6. The van der Waals surface area contributed by atoms with Gasteiger partial charge in [-0.2, -0.15) is 0 Å². The molecule has 0 radical (unpaired) electrons. The van der Waals surface area contributed by atoms with Gasteiger partial charge in [0.15, 0.2) is 0 Å². The molecule has 0 saturated carbocycles. The van der Waals surface area contributed by atoms with Crippen molar-refractivity contribution in [1.29, 1.82) is 0 Å². The molecule has 0 N–H and O–H groups in total. The molecular weight excluding hydrogens is 555 g/mol. The summed E-state index contributed by atoms with van der Waals surface area (Å²) in [6.07, 6.45) is 0. The molecule has 46 heavy (non-hydrogen) atoms. The molecule has 1 aliphatic heterocycles. The summed E-state index contributed by atoms with van der Waals surface area (Å²) < 4.78 is 0. The van der Waals surface area contributed by atoms with Gasteiger partial charge in [-0.05, 0) is 92.4 Å². The van der Waals surface area contributed by atoms with Crippen molar-refractivity contribution in [1.82, 2.24) is 0 Å². The Bertz CT molecular complexity index is 2290. The molecular formula is C45H31N.